The molecule has 0 fully saturated rings. The largest absolute Gasteiger partial charge is 0.493 e. The van der Waals surface area contributed by atoms with Crippen LogP contribution in [0.25, 0.3) is 0 Å². The smallest absolute Gasteiger partial charge is 0.345 e. The van der Waals surface area contributed by atoms with Gasteiger partial charge in [-0.3, -0.25) is 4.79 Å². The molecule has 3 aromatic carbocycles. The zero-order valence-electron chi connectivity index (χ0n) is 23.2. The molecule has 7 nitrogen and oxygen atoms in total. The van der Waals surface area contributed by atoms with E-state index in [4.69, 9.17) is 25.8 Å². The molecule has 0 aliphatic rings. The average Bonchev–Trinajstić information content (AvgIpc) is 2.87. The lowest BCUT2D eigenvalue weighted by Crippen LogP contribution is -2.25. The highest BCUT2D eigenvalue weighted by atomic mass is 35.5. The van der Waals surface area contributed by atoms with Gasteiger partial charge in [0, 0.05) is 0 Å². The molecule has 1 N–H and O–H groups in total. The third kappa shape index (κ3) is 8.86. The number of esters is 1. The molecule has 8 heteroatoms. The van der Waals surface area contributed by atoms with E-state index in [1.165, 1.54) is 18.9 Å². The first-order valence-electron chi connectivity index (χ1n) is 12.6. The normalized spacial score (nSPS) is 11.8. The molecule has 0 radical (unpaired) electrons. The standard InChI is InChI=1S/C31H35ClN2O5/c1-30(2,3)20-31(4,5)22-12-14-23(15-13-22)38-19-28(35)34-33-18-21-11-16-26(27(17-21)37-6)39-29(36)24-9-7-8-10-25(24)32/h7-18H,19-20H2,1-6H3,(H,34,35)/b33-18+. The Hall–Kier alpha value is -3.84. The SMILES string of the molecule is COc1cc(/C=N/NC(=O)COc2ccc(C(C)(C)CC(C)(C)C)cc2)ccc1OC(=O)c1ccccc1Cl. The number of carbonyl (C=O) groups is 2. The molecule has 3 rings (SSSR count). The van der Waals surface area contributed by atoms with Gasteiger partial charge < -0.3 is 14.2 Å². The summed E-state index contributed by atoms with van der Waals surface area (Å²) in [4.78, 5) is 24.7. The molecule has 0 bridgehead atoms. The molecule has 0 aliphatic heterocycles. The Labute approximate surface area is 235 Å². The van der Waals surface area contributed by atoms with Gasteiger partial charge in [-0.05, 0) is 70.8 Å². The van der Waals surface area contributed by atoms with Crippen LogP contribution < -0.4 is 19.6 Å². The van der Waals surface area contributed by atoms with Crippen LogP contribution in [0.15, 0.2) is 71.8 Å². The van der Waals surface area contributed by atoms with Gasteiger partial charge in [0.05, 0.1) is 23.9 Å². The Morgan fingerprint density at radius 3 is 2.28 bits per heavy atom. The fourth-order valence-corrected chi connectivity index (χ4v) is 4.63. The number of halogens is 1. The van der Waals surface area contributed by atoms with Crippen molar-refractivity contribution in [2.24, 2.45) is 10.5 Å². The number of nitrogens with one attached hydrogen (secondary N) is 1. The lowest BCUT2D eigenvalue weighted by atomic mass is 9.72. The molecule has 0 spiro atoms. The molecule has 39 heavy (non-hydrogen) atoms. The fourth-order valence-electron chi connectivity index (χ4n) is 4.42. The summed E-state index contributed by atoms with van der Waals surface area (Å²) in [5.41, 5.74) is 4.78. The summed E-state index contributed by atoms with van der Waals surface area (Å²) >= 11 is 6.07. The van der Waals surface area contributed by atoms with Crippen molar-refractivity contribution in [3.8, 4) is 17.2 Å². The minimum Gasteiger partial charge on any atom is -0.493 e. The molecule has 1 amide bonds. The first-order valence-corrected chi connectivity index (χ1v) is 13.0. The van der Waals surface area contributed by atoms with Gasteiger partial charge in [0.15, 0.2) is 18.1 Å². The van der Waals surface area contributed by atoms with E-state index in [0.717, 1.165) is 6.42 Å². The summed E-state index contributed by atoms with van der Waals surface area (Å²) in [6, 6.07) is 19.3. The Bertz CT molecular complexity index is 1330. The van der Waals surface area contributed by atoms with Crippen molar-refractivity contribution in [1.82, 2.24) is 5.43 Å². The molecule has 0 heterocycles. The van der Waals surface area contributed by atoms with Gasteiger partial charge in [-0.15, -0.1) is 0 Å². The second-order valence-corrected chi connectivity index (χ2v) is 11.4. The predicted molar refractivity (Wildman–Crippen MR) is 154 cm³/mol. The van der Waals surface area contributed by atoms with E-state index in [9.17, 15) is 9.59 Å². The quantitative estimate of drug-likeness (QED) is 0.130. The molecule has 0 aromatic heterocycles. The minimum atomic E-state index is -0.601. The van der Waals surface area contributed by atoms with Crippen molar-refractivity contribution < 1.29 is 23.8 Å². The zero-order chi connectivity index (χ0) is 28.6. The number of nitrogens with zero attached hydrogens (tertiary/aromatic N) is 1. The monoisotopic (exact) mass is 550 g/mol. The number of hydrogen-bond acceptors (Lipinski definition) is 6. The maximum Gasteiger partial charge on any atom is 0.345 e. The predicted octanol–water partition coefficient (Wildman–Crippen LogP) is 6.81. The zero-order valence-corrected chi connectivity index (χ0v) is 24.0. The summed E-state index contributed by atoms with van der Waals surface area (Å²) in [6.45, 7) is 11.0. The number of hydrazone groups is 1. The van der Waals surface area contributed by atoms with Crippen LogP contribution in [0.2, 0.25) is 5.02 Å². The fraction of sp³-hybridized carbons (Fsp3) is 0.323. The van der Waals surface area contributed by atoms with E-state index in [0.29, 0.717) is 22.1 Å². The Kier molecular flexibility index (Phi) is 9.76. The van der Waals surface area contributed by atoms with Crippen LogP contribution in [0.3, 0.4) is 0 Å². The highest BCUT2D eigenvalue weighted by molar-refractivity contribution is 6.33. The summed E-state index contributed by atoms with van der Waals surface area (Å²) in [5.74, 6) is 0.153. The number of benzene rings is 3. The van der Waals surface area contributed by atoms with Crippen LogP contribution in [-0.2, 0) is 10.2 Å². The van der Waals surface area contributed by atoms with Crippen LogP contribution in [0.4, 0.5) is 0 Å². The van der Waals surface area contributed by atoms with Gasteiger partial charge in [0.25, 0.3) is 5.91 Å². The number of amides is 1. The van der Waals surface area contributed by atoms with E-state index in [2.05, 4.69) is 45.1 Å². The third-order valence-corrected chi connectivity index (χ3v) is 6.19. The number of hydrogen-bond donors (Lipinski definition) is 1. The highest BCUT2D eigenvalue weighted by Crippen LogP contribution is 2.36. The first kappa shape index (κ1) is 29.7. The minimum absolute atomic E-state index is 0.0288. The molecular weight excluding hydrogens is 516 g/mol. The molecule has 206 valence electrons. The van der Waals surface area contributed by atoms with Crippen molar-refractivity contribution in [3.63, 3.8) is 0 Å². The number of ether oxygens (including phenoxy) is 3. The van der Waals surface area contributed by atoms with Crippen molar-refractivity contribution in [3.05, 3.63) is 88.4 Å². The van der Waals surface area contributed by atoms with Crippen LogP contribution in [0, 0.1) is 5.41 Å². The molecular formula is C31H35ClN2O5. The number of methoxy groups -OCH3 is 1. The molecule has 0 atom stereocenters. The Balaban J connectivity index is 1.53. The summed E-state index contributed by atoms with van der Waals surface area (Å²) < 4.78 is 16.4. The van der Waals surface area contributed by atoms with Gasteiger partial charge in [0.2, 0.25) is 0 Å². The molecule has 3 aromatic rings. The van der Waals surface area contributed by atoms with Crippen molar-refractivity contribution >= 4 is 29.7 Å². The van der Waals surface area contributed by atoms with E-state index >= 15 is 0 Å². The van der Waals surface area contributed by atoms with Gasteiger partial charge in [-0.2, -0.15) is 5.10 Å². The van der Waals surface area contributed by atoms with E-state index in [1.54, 1.807) is 42.5 Å². The van der Waals surface area contributed by atoms with Gasteiger partial charge in [-0.25, -0.2) is 10.2 Å². The second kappa shape index (κ2) is 12.8. The maximum absolute atomic E-state index is 12.5. The highest BCUT2D eigenvalue weighted by Gasteiger charge is 2.27. The third-order valence-electron chi connectivity index (χ3n) is 5.86. The van der Waals surface area contributed by atoms with Crippen LogP contribution >= 0.6 is 11.6 Å². The Morgan fingerprint density at radius 2 is 1.64 bits per heavy atom. The average molecular weight is 551 g/mol. The number of carbonyl (C=O) groups excluding carboxylic acids is 2. The van der Waals surface area contributed by atoms with E-state index in [-0.39, 0.29) is 28.7 Å². The molecule has 0 saturated heterocycles. The molecule has 0 unspecified atom stereocenters. The lowest BCUT2D eigenvalue weighted by molar-refractivity contribution is -0.123. The van der Waals surface area contributed by atoms with Crippen molar-refractivity contribution in [2.45, 2.75) is 46.5 Å². The first-order chi connectivity index (χ1) is 18.4. The summed E-state index contributed by atoms with van der Waals surface area (Å²) in [5, 5.41) is 4.27. The maximum atomic E-state index is 12.5. The summed E-state index contributed by atoms with van der Waals surface area (Å²) in [7, 11) is 1.46. The summed E-state index contributed by atoms with van der Waals surface area (Å²) in [6.07, 6.45) is 2.50. The number of rotatable bonds is 10. The van der Waals surface area contributed by atoms with Gasteiger partial charge in [0.1, 0.15) is 5.75 Å². The molecule has 0 saturated carbocycles. The molecule has 0 aliphatic carbocycles. The van der Waals surface area contributed by atoms with Crippen LogP contribution in [-0.4, -0.2) is 31.8 Å². The van der Waals surface area contributed by atoms with Crippen LogP contribution in [0.5, 0.6) is 17.2 Å². The topological polar surface area (TPSA) is 86.2 Å². The van der Waals surface area contributed by atoms with E-state index < -0.39 is 11.9 Å². The Morgan fingerprint density at radius 1 is 0.949 bits per heavy atom. The van der Waals surface area contributed by atoms with Gasteiger partial charge >= 0.3 is 5.97 Å². The van der Waals surface area contributed by atoms with Gasteiger partial charge in [-0.1, -0.05) is 70.5 Å². The van der Waals surface area contributed by atoms with E-state index in [1.807, 2.05) is 24.3 Å². The second-order valence-electron chi connectivity index (χ2n) is 11.0. The van der Waals surface area contributed by atoms with Crippen LogP contribution in [0.1, 0.15) is 62.5 Å². The van der Waals surface area contributed by atoms with Crippen molar-refractivity contribution in [1.29, 1.82) is 0 Å². The lowest BCUT2D eigenvalue weighted by Gasteiger charge is -2.33. The van der Waals surface area contributed by atoms with Crippen molar-refractivity contribution in [2.75, 3.05) is 13.7 Å².